The van der Waals surface area contributed by atoms with E-state index in [0.717, 1.165) is 11.3 Å². The Morgan fingerprint density at radius 3 is 2.72 bits per heavy atom. The maximum absolute atomic E-state index is 11.7. The van der Waals surface area contributed by atoms with Crippen molar-refractivity contribution in [2.24, 2.45) is 0 Å². The number of thiophene rings is 1. The van der Waals surface area contributed by atoms with Gasteiger partial charge in [0, 0.05) is 11.8 Å². The van der Waals surface area contributed by atoms with E-state index in [-0.39, 0.29) is 15.6 Å². The van der Waals surface area contributed by atoms with Crippen LogP contribution in [0.15, 0.2) is 5.38 Å². The summed E-state index contributed by atoms with van der Waals surface area (Å²) in [5, 5.41) is 1.31. The second-order valence-corrected chi connectivity index (χ2v) is 6.59. The maximum atomic E-state index is 11.7. The Bertz CT molecular complexity index is 562. The van der Waals surface area contributed by atoms with Gasteiger partial charge in [-0.15, -0.1) is 11.3 Å². The quantitative estimate of drug-likeness (QED) is 0.621. The molecular weight excluding hydrogens is 327 g/mol. The summed E-state index contributed by atoms with van der Waals surface area (Å²) in [4.78, 5) is 11.6. The summed E-state index contributed by atoms with van der Waals surface area (Å²) in [7, 11) is 0.646. The number of halogens is 2. The molecule has 0 N–H and O–H groups in total. The predicted octanol–water partition coefficient (Wildman–Crippen LogP) is 2.17. The topological polar surface area (TPSA) is 78.9 Å². The van der Waals surface area contributed by atoms with Crippen LogP contribution in [-0.4, -0.2) is 27.3 Å². The van der Waals surface area contributed by atoms with Crippen molar-refractivity contribution in [2.75, 3.05) is 6.61 Å². The number of carbonyl (C=O) groups excluding carboxylic acids is 1. The van der Waals surface area contributed by atoms with Crippen LogP contribution >= 0.6 is 33.6 Å². The SMILES string of the molecule is O=C(OC1CCO1)c1scc(Cl)c1OS(=O)(=O)Cl. The Morgan fingerprint density at radius 1 is 1.56 bits per heavy atom. The minimum absolute atomic E-state index is 0.0364. The van der Waals surface area contributed by atoms with Gasteiger partial charge in [0.1, 0.15) is 0 Å². The molecule has 6 nitrogen and oxygen atoms in total. The molecular formula is C8H6Cl2O6S2. The van der Waals surface area contributed by atoms with Crippen LogP contribution in [0.1, 0.15) is 16.1 Å². The lowest BCUT2D eigenvalue weighted by Gasteiger charge is -2.25. The van der Waals surface area contributed by atoms with Gasteiger partial charge in [0.25, 0.3) is 0 Å². The molecule has 0 aromatic carbocycles. The largest absolute Gasteiger partial charge is 0.431 e. The van der Waals surface area contributed by atoms with E-state index in [1.807, 2.05) is 0 Å². The third kappa shape index (κ3) is 3.27. The van der Waals surface area contributed by atoms with Gasteiger partial charge in [0.2, 0.25) is 6.29 Å². The first-order valence-electron chi connectivity index (χ1n) is 4.60. The molecule has 0 amide bonds. The zero-order valence-corrected chi connectivity index (χ0v) is 11.7. The molecule has 18 heavy (non-hydrogen) atoms. The van der Waals surface area contributed by atoms with Gasteiger partial charge in [-0.1, -0.05) is 11.6 Å². The highest BCUT2D eigenvalue weighted by Crippen LogP contribution is 2.37. The van der Waals surface area contributed by atoms with Crippen molar-refractivity contribution < 1.29 is 26.9 Å². The van der Waals surface area contributed by atoms with Crippen LogP contribution in [-0.2, 0) is 18.8 Å². The Morgan fingerprint density at radius 2 is 2.22 bits per heavy atom. The molecule has 1 fully saturated rings. The van der Waals surface area contributed by atoms with Gasteiger partial charge in [-0.05, 0) is 0 Å². The van der Waals surface area contributed by atoms with Crippen molar-refractivity contribution in [2.45, 2.75) is 12.7 Å². The summed E-state index contributed by atoms with van der Waals surface area (Å²) in [5.41, 5.74) is 0. The van der Waals surface area contributed by atoms with Crippen LogP contribution in [0.3, 0.4) is 0 Å². The fourth-order valence-corrected chi connectivity index (χ4v) is 2.84. The van der Waals surface area contributed by atoms with E-state index in [9.17, 15) is 13.2 Å². The fourth-order valence-electron chi connectivity index (χ4n) is 1.12. The first-order chi connectivity index (χ1) is 8.37. The molecule has 10 heteroatoms. The highest BCUT2D eigenvalue weighted by Gasteiger charge is 2.28. The van der Waals surface area contributed by atoms with Gasteiger partial charge in [-0.25, -0.2) is 4.79 Å². The molecule has 1 saturated heterocycles. The average molecular weight is 333 g/mol. The minimum Gasteiger partial charge on any atom is -0.431 e. The monoisotopic (exact) mass is 332 g/mol. The first-order valence-corrected chi connectivity index (χ1v) is 8.09. The van der Waals surface area contributed by atoms with Gasteiger partial charge < -0.3 is 13.7 Å². The number of rotatable bonds is 4. The van der Waals surface area contributed by atoms with E-state index in [0.29, 0.717) is 13.0 Å². The second-order valence-electron chi connectivity index (χ2n) is 3.21. The van der Waals surface area contributed by atoms with Gasteiger partial charge in [0.05, 0.1) is 22.3 Å². The summed E-state index contributed by atoms with van der Waals surface area (Å²) in [6.07, 6.45) is -0.0201. The van der Waals surface area contributed by atoms with Crippen molar-refractivity contribution in [3.8, 4) is 5.75 Å². The molecule has 1 aliphatic rings. The third-order valence-corrected chi connectivity index (χ3v) is 3.87. The molecule has 0 radical (unpaired) electrons. The third-order valence-electron chi connectivity index (χ3n) is 1.97. The molecule has 0 aliphatic carbocycles. The number of ether oxygens (including phenoxy) is 2. The molecule has 1 aromatic rings. The molecule has 0 saturated carbocycles. The van der Waals surface area contributed by atoms with E-state index in [1.54, 1.807) is 0 Å². The van der Waals surface area contributed by atoms with E-state index in [2.05, 4.69) is 4.18 Å². The Kier molecular flexibility index (Phi) is 4.02. The average Bonchev–Trinajstić information content (AvgIpc) is 2.52. The molecule has 1 aromatic heterocycles. The Balaban J connectivity index is 2.19. The van der Waals surface area contributed by atoms with Crippen LogP contribution < -0.4 is 4.18 Å². The predicted molar refractivity (Wildman–Crippen MR) is 64.5 cm³/mol. The smallest absolute Gasteiger partial charge is 0.401 e. The molecule has 0 spiro atoms. The summed E-state index contributed by atoms with van der Waals surface area (Å²) < 4.78 is 35.9. The van der Waals surface area contributed by atoms with Crippen molar-refractivity contribution in [3.05, 3.63) is 15.3 Å². The van der Waals surface area contributed by atoms with Crippen LogP contribution in [0, 0.1) is 0 Å². The molecule has 0 bridgehead atoms. The minimum atomic E-state index is -4.29. The van der Waals surface area contributed by atoms with Gasteiger partial charge in [0.15, 0.2) is 10.6 Å². The normalized spacial score (nSPS) is 19.1. The number of carbonyl (C=O) groups is 1. The molecule has 1 aliphatic heterocycles. The van der Waals surface area contributed by atoms with Crippen molar-refractivity contribution in [3.63, 3.8) is 0 Å². The molecule has 2 heterocycles. The molecule has 2 rings (SSSR count). The fraction of sp³-hybridized carbons (Fsp3) is 0.375. The standard InChI is InChI=1S/C8H6Cl2O6S2/c9-4-3-17-7(6(4)16-18(10,12)13)8(11)15-5-1-2-14-5/h3,5H,1-2H2. The van der Waals surface area contributed by atoms with Crippen LogP contribution in [0.2, 0.25) is 5.02 Å². The van der Waals surface area contributed by atoms with E-state index >= 15 is 0 Å². The zero-order chi connectivity index (χ0) is 13.3. The van der Waals surface area contributed by atoms with E-state index in [1.165, 1.54) is 5.38 Å². The summed E-state index contributed by atoms with van der Waals surface area (Å²) in [6, 6.07) is 0. The van der Waals surface area contributed by atoms with Crippen molar-refractivity contribution in [1.29, 1.82) is 0 Å². The summed E-state index contributed by atoms with van der Waals surface area (Å²) >= 11 is 6.59. The van der Waals surface area contributed by atoms with E-state index in [4.69, 9.17) is 31.8 Å². The summed E-state index contributed by atoms with van der Waals surface area (Å²) in [5.74, 6) is -1.10. The van der Waals surface area contributed by atoms with Crippen LogP contribution in [0.5, 0.6) is 5.75 Å². The van der Waals surface area contributed by atoms with Crippen LogP contribution in [0.4, 0.5) is 0 Å². The molecule has 1 atom stereocenters. The van der Waals surface area contributed by atoms with Gasteiger partial charge in [-0.3, -0.25) is 0 Å². The lowest BCUT2D eigenvalue weighted by molar-refractivity contribution is -0.184. The Hall–Kier alpha value is -0.540. The molecule has 100 valence electrons. The van der Waals surface area contributed by atoms with Gasteiger partial charge >= 0.3 is 15.3 Å². The maximum Gasteiger partial charge on any atom is 0.401 e. The number of esters is 1. The second kappa shape index (κ2) is 5.22. The summed E-state index contributed by atoms with van der Waals surface area (Å²) in [6.45, 7) is 0.516. The molecule has 1 unspecified atom stereocenters. The van der Waals surface area contributed by atoms with Crippen LogP contribution in [0.25, 0.3) is 0 Å². The van der Waals surface area contributed by atoms with Crippen molar-refractivity contribution in [1.82, 2.24) is 0 Å². The zero-order valence-electron chi connectivity index (χ0n) is 8.59. The Labute approximate surface area is 116 Å². The van der Waals surface area contributed by atoms with Crippen molar-refractivity contribution >= 4 is 48.9 Å². The highest BCUT2D eigenvalue weighted by molar-refractivity contribution is 8.10. The van der Waals surface area contributed by atoms with E-state index < -0.39 is 21.6 Å². The number of hydrogen-bond acceptors (Lipinski definition) is 7. The lowest BCUT2D eigenvalue weighted by Crippen LogP contribution is -2.31. The number of hydrogen-bond donors (Lipinski definition) is 0. The highest BCUT2D eigenvalue weighted by atomic mass is 35.7. The first kappa shape index (κ1) is 13.9. The lowest BCUT2D eigenvalue weighted by atomic mass is 10.3. The van der Waals surface area contributed by atoms with Gasteiger partial charge in [-0.2, -0.15) is 8.42 Å².